The minimum atomic E-state index is -0.725. The number of halogens is 4. The molecule has 11 aromatic rings. The number of rotatable bonds is 23. The fourth-order valence-electron chi connectivity index (χ4n) is 18.3. The Labute approximate surface area is 773 Å². The van der Waals surface area contributed by atoms with E-state index in [1.807, 2.05) is 119 Å². The topological polar surface area (TPSA) is 380 Å². The molecule has 12 N–H and O–H groups in total. The predicted octanol–water partition coefficient (Wildman–Crippen LogP) is 17.2. The number of hydrogen-bond acceptors (Lipinski definition) is 17. The molecule has 0 spiro atoms. The van der Waals surface area contributed by atoms with Gasteiger partial charge in [0.25, 0.3) is 0 Å². The molecule has 0 aliphatic carbocycles. The molecule has 15 rings (SSSR count). The van der Waals surface area contributed by atoms with Crippen LogP contribution >= 0.6 is 46.4 Å². The molecule has 0 saturated carbocycles. The number of Topliss-reactive ketones (excluding diaryl/α,β-unsaturated/α-hetero) is 1. The van der Waals surface area contributed by atoms with Gasteiger partial charge in [0.05, 0.1) is 84.9 Å². The number of nitrogens with one attached hydrogen (secondary N) is 8. The van der Waals surface area contributed by atoms with E-state index >= 15 is 0 Å². The number of carbonyl (C=O) groups is 5. The summed E-state index contributed by atoms with van der Waals surface area (Å²) in [4.78, 5) is 79.5. The molecule has 4 aliphatic heterocycles. The number of ketones is 1. The number of aromatic amines is 4. The molecular formula is C96H121Cl4N19O10. The minimum Gasteiger partial charge on any atom is -0.481 e. The number of H-pyrrole nitrogens is 4. The van der Waals surface area contributed by atoms with E-state index in [0.717, 1.165) is 145 Å². The Morgan fingerprint density at radius 1 is 0.442 bits per heavy atom. The lowest BCUT2D eigenvalue weighted by molar-refractivity contribution is -0.117. The second-order valence-corrected chi connectivity index (χ2v) is 38.5. The van der Waals surface area contributed by atoms with Gasteiger partial charge in [0.1, 0.15) is 5.82 Å². The van der Waals surface area contributed by atoms with Crippen molar-refractivity contribution in [2.24, 2.45) is 45.3 Å². The highest BCUT2D eigenvalue weighted by Crippen LogP contribution is 2.51. The minimum absolute atomic E-state index is 0.0177. The number of anilines is 1. The van der Waals surface area contributed by atoms with Crippen LogP contribution in [0.1, 0.15) is 189 Å². The first-order valence-corrected chi connectivity index (χ1v) is 45.5. The maximum absolute atomic E-state index is 12.7. The van der Waals surface area contributed by atoms with Gasteiger partial charge in [0.15, 0.2) is 5.78 Å². The van der Waals surface area contributed by atoms with Gasteiger partial charge in [-0.05, 0) is 180 Å². The van der Waals surface area contributed by atoms with Crippen molar-refractivity contribution in [3.05, 3.63) is 199 Å². The standard InChI is InChI=1S/C26H29ClN4O2.C25H33ClN6O2.C24H30ClN5O3.C21H29ClN4O3/c1-4-17-5-7-18(8-6-17)15-28-25(33)31-11-9-20(10-12-31)26(2,3)24(32)22-14-21(27)13-19-16-29-30-23(19)22;1-25(2,23(33)20-12-19(26)11-17-15-29-30-22(17)20)18-7-9-32(10-8-18)24(34)28-14-16-5-6-21(27-13-16)31(3)4;1-24(2,22(31)19-11-18(25)10-16-14-28-29-21(16)19)17-6-8-30(9-7-17)23(32)27-13-15-4-5-20(33-3)26-12-15;1-4-16(27)12-23-20(29)26-7-5-14(6-8-26)21(2,3)19(28)17-10-15(22)9-13-11-24-25-18(13)17/h1,5-8,13-14,16,20,24,32H,9-12,15H2,2-3H3,(H,28,33)(H,29,30);5-6,11-13,15,18,23,33H,7-10,14H2,1-4H3,(H,28,34)(H,29,30);4-5,10-12,14,17,22,31H,6-9,13H2,1-3H3,(H,27,32)(H,28,29);9-11,14,19,28H,4-8,12H2,1-3H3,(H,23,29)(H,24,25)/t24-;23-;22-;19-/m1111/s1. The number of terminal acetylenes is 1. The molecule has 10 heterocycles. The van der Waals surface area contributed by atoms with Crippen molar-refractivity contribution in [1.29, 1.82) is 0 Å². The zero-order valence-electron chi connectivity index (χ0n) is 75.4. The molecule has 5 aromatic carbocycles. The maximum Gasteiger partial charge on any atom is 0.317 e. The third-order valence-electron chi connectivity index (χ3n) is 27.1. The van der Waals surface area contributed by atoms with E-state index in [1.165, 1.54) is 0 Å². The van der Waals surface area contributed by atoms with Crippen molar-refractivity contribution in [3.63, 3.8) is 0 Å². The van der Waals surface area contributed by atoms with Crippen molar-refractivity contribution in [2.75, 3.05) is 85.0 Å². The first-order chi connectivity index (χ1) is 61.5. The number of likely N-dealkylation sites (tertiary alicyclic amines) is 4. The molecule has 4 atom stereocenters. The van der Waals surface area contributed by atoms with Crippen molar-refractivity contribution in [1.82, 2.24) is 91.6 Å². The zero-order chi connectivity index (χ0) is 92.8. The molecule has 0 bridgehead atoms. The summed E-state index contributed by atoms with van der Waals surface area (Å²) < 4.78 is 5.06. The van der Waals surface area contributed by atoms with Gasteiger partial charge in [-0.1, -0.05) is 139 Å². The summed E-state index contributed by atoms with van der Waals surface area (Å²) in [6.07, 6.45) is 19.7. The van der Waals surface area contributed by atoms with E-state index in [2.05, 4.69) is 133 Å². The van der Waals surface area contributed by atoms with Crippen molar-refractivity contribution < 1.29 is 49.1 Å². The third-order valence-corrected chi connectivity index (χ3v) is 27.9. The summed E-state index contributed by atoms with van der Waals surface area (Å²) in [5.74, 6) is 5.03. The SMILES string of the molecule is C#Cc1ccc(CNC(=O)N2CCC(C(C)(C)[C@H](O)c3cc(Cl)cc4cn[nH]c34)CC2)cc1.CCC(=O)CNC(=O)N1CCC(C(C)(C)[C@H](O)c2cc(Cl)cc3cn[nH]c23)CC1.CN(C)c1ccc(CNC(=O)N2CCC(C(C)(C)[C@H](O)c3cc(Cl)cc4cn[nH]c34)CC2)cn1.COc1ccc(CNC(=O)N2CCC(C(C)(C)[C@H](O)c3cc(Cl)cc4cn[nH]c34)CC2)cn1. The van der Waals surface area contributed by atoms with Crippen molar-refractivity contribution in [3.8, 4) is 18.2 Å². The van der Waals surface area contributed by atoms with Crippen LogP contribution < -0.4 is 30.9 Å². The lowest BCUT2D eigenvalue weighted by atomic mass is 9.68. The molecule has 129 heavy (non-hydrogen) atoms. The van der Waals surface area contributed by atoms with Gasteiger partial charge >= 0.3 is 24.1 Å². The molecule has 8 amide bonds. The van der Waals surface area contributed by atoms with Crippen LogP contribution in [-0.4, -0.2) is 201 Å². The summed E-state index contributed by atoms with van der Waals surface area (Å²) in [5.41, 5.74) is 8.35. The molecule has 33 heteroatoms. The van der Waals surface area contributed by atoms with Crippen LogP contribution in [0.5, 0.6) is 5.88 Å². The number of aromatic nitrogens is 10. The Kier molecular flexibility index (Phi) is 32.3. The largest absolute Gasteiger partial charge is 0.481 e. The number of benzene rings is 5. The van der Waals surface area contributed by atoms with E-state index in [-0.39, 0.29) is 60.1 Å². The van der Waals surface area contributed by atoms with Crippen LogP contribution in [0.3, 0.4) is 0 Å². The van der Waals surface area contributed by atoms with Gasteiger partial charge in [-0.15, -0.1) is 6.42 Å². The number of aliphatic hydroxyl groups is 4. The Morgan fingerprint density at radius 2 is 0.729 bits per heavy atom. The molecule has 0 unspecified atom stereocenters. The Bertz CT molecular complexity index is 5680. The van der Waals surface area contributed by atoms with Gasteiger partial charge in [0.2, 0.25) is 5.88 Å². The van der Waals surface area contributed by atoms with Crippen LogP contribution in [0.4, 0.5) is 25.0 Å². The zero-order valence-corrected chi connectivity index (χ0v) is 78.4. The molecule has 688 valence electrons. The molecular weight excluding hydrogens is 1720 g/mol. The van der Waals surface area contributed by atoms with Crippen LogP contribution in [0, 0.1) is 57.7 Å². The lowest BCUT2D eigenvalue weighted by Crippen LogP contribution is -2.48. The number of nitrogens with zero attached hydrogens (tertiary/aromatic N) is 11. The number of piperidine rings is 4. The average Bonchev–Trinajstić information content (AvgIpc) is 1.75. The van der Waals surface area contributed by atoms with Gasteiger partial charge in [-0.3, -0.25) is 25.2 Å². The predicted molar refractivity (Wildman–Crippen MR) is 506 cm³/mol. The quantitative estimate of drug-likeness (QED) is 0.0265. The average molecular weight is 1840 g/mol. The smallest absolute Gasteiger partial charge is 0.317 e. The lowest BCUT2D eigenvalue weighted by Gasteiger charge is -2.43. The fourth-order valence-corrected chi connectivity index (χ4v) is 19.2. The summed E-state index contributed by atoms with van der Waals surface area (Å²) in [7, 11) is 5.46. The van der Waals surface area contributed by atoms with Crippen molar-refractivity contribution >= 4 is 126 Å². The summed E-state index contributed by atoms with van der Waals surface area (Å²) in [6, 6.07) is 29.3. The molecule has 4 aliphatic rings. The third kappa shape index (κ3) is 23.5. The first-order valence-electron chi connectivity index (χ1n) is 44.0. The molecule has 29 nitrogen and oxygen atoms in total. The summed E-state index contributed by atoms with van der Waals surface area (Å²) in [6.45, 7) is 24.9. The number of methoxy groups -OCH3 is 1. The Hall–Kier alpha value is -10.8. The van der Waals surface area contributed by atoms with Crippen LogP contribution in [-0.2, 0) is 24.4 Å². The van der Waals surface area contributed by atoms with Crippen LogP contribution in [0.15, 0.2) is 134 Å². The first kappa shape index (κ1) is 97.3. The number of ether oxygens (including phenoxy) is 1. The number of fused-ring (bicyclic) bond motifs is 4. The van der Waals surface area contributed by atoms with E-state index in [1.54, 1.807) is 68.2 Å². The fraction of sp³-hybridized carbons (Fsp3) is 0.469. The molecule has 4 saturated heterocycles. The van der Waals surface area contributed by atoms with Crippen LogP contribution in [0.2, 0.25) is 20.1 Å². The number of amides is 8. The monoisotopic (exact) mass is 1840 g/mol. The Balaban J connectivity index is 0.000000156. The highest BCUT2D eigenvalue weighted by atomic mass is 35.5. The Morgan fingerprint density at radius 3 is 0.992 bits per heavy atom. The second kappa shape index (κ2) is 42.8. The number of hydrogen-bond donors (Lipinski definition) is 12. The molecule has 6 aromatic heterocycles. The molecule has 4 fully saturated rings. The van der Waals surface area contributed by atoms with E-state index in [4.69, 9.17) is 57.6 Å². The van der Waals surface area contributed by atoms with Gasteiger partial charge in [-0.2, -0.15) is 20.4 Å². The van der Waals surface area contributed by atoms with Gasteiger partial charge in [-0.25, -0.2) is 29.1 Å². The summed E-state index contributed by atoms with van der Waals surface area (Å²) in [5, 5.41) is 91.1. The maximum atomic E-state index is 12.7. The van der Waals surface area contributed by atoms with E-state index < -0.39 is 46.1 Å². The number of urea groups is 4. The number of carbonyl (C=O) groups excluding carboxylic acids is 5. The highest BCUT2D eigenvalue weighted by molar-refractivity contribution is 6.32. The normalized spacial score (nSPS) is 16.2. The molecule has 0 radical (unpaired) electrons. The van der Waals surface area contributed by atoms with Gasteiger partial charge in [0, 0.05) is 180 Å². The van der Waals surface area contributed by atoms with Crippen molar-refractivity contribution in [2.45, 2.75) is 164 Å². The summed E-state index contributed by atoms with van der Waals surface area (Å²) >= 11 is 25.1. The van der Waals surface area contributed by atoms with E-state index in [9.17, 15) is 44.4 Å². The number of pyridine rings is 2. The highest BCUT2D eigenvalue weighted by Gasteiger charge is 2.45. The van der Waals surface area contributed by atoms with E-state index in [0.29, 0.717) is 104 Å². The number of aliphatic hydroxyl groups excluding tert-OH is 4. The second-order valence-electron chi connectivity index (χ2n) is 36.8. The van der Waals surface area contributed by atoms with Crippen LogP contribution in [0.25, 0.3) is 43.6 Å². The van der Waals surface area contributed by atoms with Gasteiger partial charge < -0.3 is 70.9 Å².